The van der Waals surface area contributed by atoms with Gasteiger partial charge in [-0.15, -0.1) is 0 Å². The molecule has 2 rings (SSSR count). The lowest BCUT2D eigenvalue weighted by atomic mass is 10.1. The number of nitrogens with zero attached hydrogens (tertiary/aromatic N) is 3. The lowest BCUT2D eigenvalue weighted by molar-refractivity contribution is -0.384. The van der Waals surface area contributed by atoms with Crippen LogP contribution in [0.15, 0.2) is 29.3 Å². The summed E-state index contributed by atoms with van der Waals surface area (Å²) in [6.45, 7) is 6.13. The summed E-state index contributed by atoms with van der Waals surface area (Å²) in [5.74, 6) is 0.812. The monoisotopic (exact) mass is 364 g/mol. The summed E-state index contributed by atoms with van der Waals surface area (Å²) >= 11 is 0. The number of likely N-dealkylation sites (tertiary alicyclic amines) is 1. The highest BCUT2D eigenvalue weighted by atomic mass is 16.6. The maximum absolute atomic E-state index is 10.7. The third-order valence-corrected chi connectivity index (χ3v) is 4.28. The lowest BCUT2D eigenvalue weighted by Gasteiger charge is -2.32. The first kappa shape index (κ1) is 20.1. The molecule has 0 spiro atoms. The Balaban J connectivity index is 1.96. The molecule has 1 aromatic rings. The fourth-order valence-corrected chi connectivity index (χ4v) is 2.75. The lowest BCUT2D eigenvalue weighted by Crippen LogP contribution is -2.47. The number of hydrogen-bond donors (Lipinski definition) is 2. The number of benzene rings is 1. The number of aliphatic imine (C=N–C) groups is 1. The molecule has 8 nitrogen and oxygen atoms in total. The van der Waals surface area contributed by atoms with Gasteiger partial charge in [0.05, 0.1) is 17.6 Å². The van der Waals surface area contributed by atoms with Crippen LogP contribution in [0.5, 0.6) is 0 Å². The Kier molecular flexibility index (Phi) is 8.30. The summed E-state index contributed by atoms with van der Waals surface area (Å²) in [7, 11) is 0. The zero-order chi connectivity index (χ0) is 18.8. The average molecular weight is 364 g/mol. The van der Waals surface area contributed by atoms with E-state index in [0.29, 0.717) is 19.8 Å². The number of nitro groups is 1. The molecule has 0 bridgehead atoms. The number of ether oxygens (including phenoxy) is 1. The van der Waals surface area contributed by atoms with Gasteiger partial charge in [-0.05, 0) is 31.7 Å². The number of aliphatic hydroxyl groups is 1. The molecular formula is C18H28N4O4. The topological polar surface area (TPSA) is 100 Å². The number of rotatable bonds is 8. The van der Waals surface area contributed by atoms with E-state index in [1.54, 1.807) is 12.1 Å². The molecule has 0 aliphatic carbocycles. The molecule has 8 heteroatoms. The molecule has 1 aromatic carbocycles. The molecule has 0 aromatic heterocycles. The van der Waals surface area contributed by atoms with Crippen molar-refractivity contribution in [1.82, 2.24) is 10.2 Å². The Bertz CT molecular complexity index is 583. The van der Waals surface area contributed by atoms with Crippen molar-refractivity contribution in [3.8, 4) is 0 Å². The van der Waals surface area contributed by atoms with Crippen LogP contribution < -0.4 is 5.32 Å². The van der Waals surface area contributed by atoms with Gasteiger partial charge in [0.2, 0.25) is 0 Å². The molecule has 0 radical (unpaired) electrons. The molecule has 1 fully saturated rings. The largest absolute Gasteiger partial charge is 0.393 e. The van der Waals surface area contributed by atoms with Crippen LogP contribution in [-0.2, 0) is 11.3 Å². The Morgan fingerprint density at radius 2 is 2.08 bits per heavy atom. The van der Waals surface area contributed by atoms with Gasteiger partial charge in [0.25, 0.3) is 5.69 Å². The van der Waals surface area contributed by atoms with Crippen LogP contribution in [0.2, 0.25) is 0 Å². The van der Waals surface area contributed by atoms with Gasteiger partial charge < -0.3 is 20.1 Å². The summed E-state index contributed by atoms with van der Waals surface area (Å²) in [6, 6.07) is 6.46. The first-order chi connectivity index (χ1) is 12.6. The Morgan fingerprint density at radius 3 is 2.69 bits per heavy atom. The fourth-order valence-electron chi connectivity index (χ4n) is 2.75. The zero-order valence-electron chi connectivity index (χ0n) is 15.3. The number of non-ortho nitro benzene ring substituents is 1. The number of piperidine rings is 1. The van der Waals surface area contributed by atoms with Crippen molar-refractivity contribution < 1.29 is 14.8 Å². The first-order valence-electron chi connectivity index (χ1n) is 9.12. The number of hydrogen-bond acceptors (Lipinski definition) is 5. The number of nitro benzene ring substituents is 1. The smallest absolute Gasteiger partial charge is 0.269 e. The minimum absolute atomic E-state index is 0.0806. The normalized spacial score (nSPS) is 15.9. The third-order valence-electron chi connectivity index (χ3n) is 4.28. The quantitative estimate of drug-likeness (QED) is 0.240. The van der Waals surface area contributed by atoms with Crippen molar-refractivity contribution in [3.05, 3.63) is 39.9 Å². The molecule has 1 saturated heterocycles. The van der Waals surface area contributed by atoms with Gasteiger partial charge >= 0.3 is 0 Å². The molecule has 0 saturated carbocycles. The van der Waals surface area contributed by atoms with E-state index in [1.807, 2.05) is 6.92 Å². The van der Waals surface area contributed by atoms with E-state index in [4.69, 9.17) is 4.74 Å². The van der Waals surface area contributed by atoms with Crippen molar-refractivity contribution in [3.63, 3.8) is 0 Å². The van der Waals surface area contributed by atoms with Crippen LogP contribution in [0.4, 0.5) is 5.69 Å². The van der Waals surface area contributed by atoms with Crippen LogP contribution in [-0.4, -0.2) is 59.8 Å². The van der Waals surface area contributed by atoms with Gasteiger partial charge in [0.1, 0.15) is 0 Å². The van der Waals surface area contributed by atoms with E-state index >= 15 is 0 Å². The molecule has 1 aliphatic rings. The van der Waals surface area contributed by atoms with E-state index < -0.39 is 4.92 Å². The molecule has 0 unspecified atom stereocenters. The van der Waals surface area contributed by atoms with Crippen molar-refractivity contribution in [2.45, 2.75) is 38.8 Å². The van der Waals surface area contributed by atoms with Gasteiger partial charge in [0, 0.05) is 45.0 Å². The second-order valence-electron chi connectivity index (χ2n) is 6.26. The Morgan fingerprint density at radius 1 is 1.38 bits per heavy atom. The molecular weight excluding hydrogens is 336 g/mol. The van der Waals surface area contributed by atoms with Crippen LogP contribution in [0.3, 0.4) is 0 Å². The Hall–Kier alpha value is -2.19. The van der Waals surface area contributed by atoms with Gasteiger partial charge in [0.15, 0.2) is 5.96 Å². The Labute approximate surface area is 154 Å². The molecule has 2 N–H and O–H groups in total. The molecule has 26 heavy (non-hydrogen) atoms. The van der Waals surface area contributed by atoms with E-state index in [-0.39, 0.29) is 11.8 Å². The highest BCUT2D eigenvalue weighted by Gasteiger charge is 2.19. The predicted molar refractivity (Wildman–Crippen MR) is 100 cm³/mol. The summed E-state index contributed by atoms with van der Waals surface area (Å²) in [4.78, 5) is 17.2. The summed E-state index contributed by atoms with van der Waals surface area (Å²) < 4.78 is 5.35. The fraction of sp³-hybridized carbons (Fsp3) is 0.611. The van der Waals surface area contributed by atoms with Crippen LogP contribution in [0, 0.1) is 10.1 Å². The first-order valence-corrected chi connectivity index (χ1v) is 9.12. The van der Waals surface area contributed by atoms with Gasteiger partial charge in [-0.2, -0.15) is 0 Å². The molecule has 0 amide bonds. The van der Waals surface area contributed by atoms with Crippen molar-refractivity contribution in [2.24, 2.45) is 4.99 Å². The highest BCUT2D eigenvalue weighted by Crippen LogP contribution is 2.14. The summed E-state index contributed by atoms with van der Waals surface area (Å²) in [5, 5.41) is 23.8. The van der Waals surface area contributed by atoms with Crippen molar-refractivity contribution >= 4 is 11.6 Å². The third kappa shape index (κ3) is 6.61. The minimum atomic E-state index is -0.405. The van der Waals surface area contributed by atoms with Crippen molar-refractivity contribution in [1.29, 1.82) is 0 Å². The SMILES string of the molecule is CCOCCCNC(=NCc1ccc([N+](=O)[O-])cc1)N1CCC(O)CC1. The maximum Gasteiger partial charge on any atom is 0.269 e. The number of nitrogens with one attached hydrogen (secondary N) is 1. The average Bonchev–Trinajstić information content (AvgIpc) is 2.65. The van der Waals surface area contributed by atoms with Crippen LogP contribution in [0.1, 0.15) is 31.7 Å². The minimum Gasteiger partial charge on any atom is -0.393 e. The second kappa shape index (κ2) is 10.7. The van der Waals surface area contributed by atoms with Gasteiger partial charge in [-0.1, -0.05) is 12.1 Å². The predicted octanol–water partition coefficient (Wildman–Crippen LogP) is 1.92. The van der Waals surface area contributed by atoms with Gasteiger partial charge in [-0.3, -0.25) is 10.1 Å². The van der Waals surface area contributed by atoms with Crippen LogP contribution in [0.25, 0.3) is 0 Å². The molecule has 144 valence electrons. The molecule has 1 heterocycles. The number of aliphatic hydroxyl groups excluding tert-OH is 1. The molecule has 0 atom stereocenters. The second-order valence-corrected chi connectivity index (χ2v) is 6.26. The standard InChI is InChI=1S/C18H28N4O4/c1-2-26-13-3-10-19-18(21-11-8-17(23)9-12-21)20-14-15-4-6-16(7-5-15)22(24)25/h4-7,17,23H,2-3,8-14H2,1H3,(H,19,20). The summed E-state index contributed by atoms with van der Waals surface area (Å²) in [6.07, 6.45) is 2.12. The van der Waals surface area contributed by atoms with E-state index in [9.17, 15) is 15.2 Å². The van der Waals surface area contributed by atoms with E-state index in [2.05, 4.69) is 15.2 Å². The van der Waals surface area contributed by atoms with Crippen LogP contribution >= 0.6 is 0 Å². The number of guanidine groups is 1. The van der Waals surface area contributed by atoms with E-state index in [0.717, 1.165) is 50.4 Å². The summed E-state index contributed by atoms with van der Waals surface area (Å²) in [5.41, 5.74) is 0.998. The van der Waals surface area contributed by atoms with Gasteiger partial charge in [-0.25, -0.2) is 4.99 Å². The highest BCUT2D eigenvalue weighted by molar-refractivity contribution is 5.80. The zero-order valence-corrected chi connectivity index (χ0v) is 15.3. The van der Waals surface area contributed by atoms with Crippen molar-refractivity contribution in [2.75, 3.05) is 32.8 Å². The maximum atomic E-state index is 10.7. The van der Waals surface area contributed by atoms with E-state index in [1.165, 1.54) is 12.1 Å². The molecule has 1 aliphatic heterocycles.